The number of rotatable bonds is 5. The zero-order valence-corrected chi connectivity index (χ0v) is 8.62. The van der Waals surface area contributed by atoms with Gasteiger partial charge in [-0.05, 0) is 25.3 Å². The minimum absolute atomic E-state index is 0.372. The van der Waals surface area contributed by atoms with Crippen molar-refractivity contribution in [2.75, 3.05) is 13.2 Å². The summed E-state index contributed by atoms with van der Waals surface area (Å²) in [7, 11) is 0. The molecule has 0 aromatic carbocycles. The average Bonchev–Trinajstić information content (AvgIpc) is 2.48. The molecule has 0 aromatic heterocycles. The van der Waals surface area contributed by atoms with E-state index in [0.717, 1.165) is 38.3 Å². The van der Waals surface area contributed by atoms with Crippen LogP contribution in [0.2, 0.25) is 0 Å². The largest absolute Gasteiger partial charge is 0.479 e. The monoisotopic (exact) mass is 184 g/mol. The SMILES string of the molecule is CC(C)CC1=NC(CCCN)CO1. The van der Waals surface area contributed by atoms with Gasteiger partial charge in [-0.1, -0.05) is 13.8 Å². The summed E-state index contributed by atoms with van der Waals surface area (Å²) in [6.07, 6.45) is 3.09. The molecular weight excluding hydrogens is 164 g/mol. The quantitative estimate of drug-likeness (QED) is 0.705. The minimum atomic E-state index is 0.372. The highest BCUT2D eigenvalue weighted by molar-refractivity contribution is 5.77. The van der Waals surface area contributed by atoms with Gasteiger partial charge in [-0.2, -0.15) is 0 Å². The van der Waals surface area contributed by atoms with Gasteiger partial charge >= 0.3 is 0 Å². The summed E-state index contributed by atoms with van der Waals surface area (Å²) in [6.45, 7) is 5.88. The molecule has 0 fully saturated rings. The lowest BCUT2D eigenvalue weighted by molar-refractivity contribution is 0.299. The summed E-state index contributed by atoms with van der Waals surface area (Å²) in [5, 5.41) is 0. The fraction of sp³-hybridized carbons (Fsp3) is 0.900. The molecule has 13 heavy (non-hydrogen) atoms. The zero-order chi connectivity index (χ0) is 9.68. The van der Waals surface area contributed by atoms with Gasteiger partial charge in [0.25, 0.3) is 0 Å². The lowest BCUT2D eigenvalue weighted by Crippen LogP contribution is -2.09. The molecule has 1 rings (SSSR count). The van der Waals surface area contributed by atoms with Gasteiger partial charge in [-0.3, -0.25) is 0 Å². The van der Waals surface area contributed by atoms with Crippen LogP contribution in [0.15, 0.2) is 4.99 Å². The third-order valence-corrected chi connectivity index (χ3v) is 2.09. The normalized spacial score (nSPS) is 21.8. The Morgan fingerprint density at radius 3 is 3.00 bits per heavy atom. The van der Waals surface area contributed by atoms with E-state index in [1.165, 1.54) is 0 Å². The molecule has 1 heterocycles. The summed E-state index contributed by atoms with van der Waals surface area (Å²) < 4.78 is 5.48. The van der Waals surface area contributed by atoms with Crippen molar-refractivity contribution in [3.8, 4) is 0 Å². The van der Waals surface area contributed by atoms with Crippen LogP contribution in [-0.4, -0.2) is 25.1 Å². The van der Waals surface area contributed by atoms with E-state index in [1.54, 1.807) is 0 Å². The Labute approximate surface area is 80.4 Å². The second-order valence-electron chi connectivity index (χ2n) is 4.02. The summed E-state index contributed by atoms with van der Waals surface area (Å²) in [5.41, 5.74) is 5.43. The van der Waals surface area contributed by atoms with Crippen LogP contribution in [0.25, 0.3) is 0 Å². The van der Waals surface area contributed by atoms with E-state index in [9.17, 15) is 0 Å². The van der Waals surface area contributed by atoms with E-state index in [2.05, 4.69) is 18.8 Å². The Balaban J connectivity index is 2.26. The number of hydrogen-bond acceptors (Lipinski definition) is 3. The van der Waals surface area contributed by atoms with Gasteiger partial charge in [0.1, 0.15) is 6.61 Å². The van der Waals surface area contributed by atoms with Crippen LogP contribution in [0, 0.1) is 5.92 Å². The van der Waals surface area contributed by atoms with Gasteiger partial charge in [0.05, 0.1) is 6.04 Å². The maximum atomic E-state index is 5.48. The summed E-state index contributed by atoms with van der Waals surface area (Å²) >= 11 is 0. The van der Waals surface area contributed by atoms with Crippen molar-refractivity contribution < 1.29 is 4.74 Å². The number of nitrogens with zero attached hydrogens (tertiary/aromatic N) is 1. The molecule has 1 atom stereocenters. The van der Waals surface area contributed by atoms with Crippen LogP contribution < -0.4 is 5.73 Å². The van der Waals surface area contributed by atoms with Crippen LogP contribution >= 0.6 is 0 Å². The third kappa shape index (κ3) is 3.77. The first-order valence-corrected chi connectivity index (χ1v) is 5.12. The molecule has 3 nitrogen and oxygen atoms in total. The van der Waals surface area contributed by atoms with Crippen molar-refractivity contribution >= 4 is 5.90 Å². The van der Waals surface area contributed by atoms with Crippen molar-refractivity contribution in [2.45, 2.75) is 39.2 Å². The van der Waals surface area contributed by atoms with Crippen molar-refractivity contribution in [3.63, 3.8) is 0 Å². The lowest BCUT2D eigenvalue weighted by Gasteiger charge is -2.02. The number of ether oxygens (including phenoxy) is 1. The first-order valence-electron chi connectivity index (χ1n) is 5.12. The van der Waals surface area contributed by atoms with Crippen molar-refractivity contribution in [2.24, 2.45) is 16.6 Å². The fourth-order valence-electron chi connectivity index (χ4n) is 1.43. The fourth-order valence-corrected chi connectivity index (χ4v) is 1.43. The predicted octanol–water partition coefficient (Wildman–Crippen LogP) is 1.57. The van der Waals surface area contributed by atoms with E-state index < -0.39 is 0 Å². The highest BCUT2D eigenvalue weighted by atomic mass is 16.5. The Kier molecular flexibility index (Phi) is 4.22. The van der Waals surface area contributed by atoms with E-state index in [1.807, 2.05) is 0 Å². The molecule has 76 valence electrons. The van der Waals surface area contributed by atoms with Crippen molar-refractivity contribution in [1.82, 2.24) is 0 Å². The molecule has 1 aliphatic rings. The number of hydrogen-bond donors (Lipinski definition) is 1. The zero-order valence-electron chi connectivity index (χ0n) is 8.62. The first kappa shape index (κ1) is 10.5. The van der Waals surface area contributed by atoms with Gasteiger partial charge in [-0.25, -0.2) is 4.99 Å². The van der Waals surface area contributed by atoms with Crippen LogP contribution in [0.3, 0.4) is 0 Å². The summed E-state index contributed by atoms with van der Waals surface area (Å²) in [6, 6.07) is 0.372. The number of aliphatic imine (C=N–C) groups is 1. The summed E-state index contributed by atoms with van der Waals surface area (Å²) in [5.74, 6) is 1.57. The Bertz CT molecular complexity index is 178. The van der Waals surface area contributed by atoms with E-state index >= 15 is 0 Å². The molecule has 0 amide bonds. The van der Waals surface area contributed by atoms with E-state index in [0.29, 0.717) is 12.0 Å². The Morgan fingerprint density at radius 2 is 2.38 bits per heavy atom. The average molecular weight is 184 g/mol. The molecule has 0 aliphatic carbocycles. The van der Waals surface area contributed by atoms with E-state index in [-0.39, 0.29) is 0 Å². The lowest BCUT2D eigenvalue weighted by atomic mass is 10.1. The van der Waals surface area contributed by atoms with Crippen molar-refractivity contribution in [1.29, 1.82) is 0 Å². The van der Waals surface area contributed by atoms with Crippen LogP contribution in [0.4, 0.5) is 0 Å². The molecular formula is C10H20N2O. The first-order chi connectivity index (χ1) is 6.22. The Morgan fingerprint density at radius 1 is 1.62 bits per heavy atom. The molecule has 0 bridgehead atoms. The van der Waals surface area contributed by atoms with Crippen LogP contribution in [0.1, 0.15) is 33.1 Å². The molecule has 0 saturated carbocycles. The van der Waals surface area contributed by atoms with Gasteiger partial charge in [-0.15, -0.1) is 0 Å². The molecule has 1 unspecified atom stereocenters. The van der Waals surface area contributed by atoms with Crippen LogP contribution in [-0.2, 0) is 4.74 Å². The molecule has 3 heteroatoms. The third-order valence-electron chi connectivity index (χ3n) is 2.09. The molecule has 0 aromatic rings. The topological polar surface area (TPSA) is 47.6 Å². The highest BCUT2D eigenvalue weighted by Crippen LogP contribution is 2.14. The standard InChI is InChI=1S/C10H20N2O/c1-8(2)6-10-12-9(7-13-10)4-3-5-11/h8-9H,3-7,11H2,1-2H3. The number of nitrogens with two attached hydrogens (primary N) is 1. The van der Waals surface area contributed by atoms with Crippen molar-refractivity contribution in [3.05, 3.63) is 0 Å². The van der Waals surface area contributed by atoms with E-state index in [4.69, 9.17) is 10.5 Å². The highest BCUT2D eigenvalue weighted by Gasteiger charge is 2.18. The maximum Gasteiger partial charge on any atom is 0.183 e. The van der Waals surface area contributed by atoms with Gasteiger partial charge < -0.3 is 10.5 Å². The molecule has 0 saturated heterocycles. The molecule has 1 aliphatic heterocycles. The van der Waals surface area contributed by atoms with Crippen LogP contribution in [0.5, 0.6) is 0 Å². The Hall–Kier alpha value is -0.570. The molecule has 2 N–H and O–H groups in total. The van der Waals surface area contributed by atoms with Gasteiger partial charge in [0.2, 0.25) is 0 Å². The van der Waals surface area contributed by atoms with Gasteiger partial charge in [0, 0.05) is 6.42 Å². The maximum absolute atomic E-state index is 5.48. The second-order valence-corrected chi connectivity index (χ2v) is 4.02. The minimum Gasteiger partial charge on any atom is -0.479 e. The van der Waals surface area contributed by atoms with Gasteiger partial charge in [0.15, 0.2) is 5.90 Å². The predicted molar refractivity (Wildman–Crippen MR) is 54.9 cm³/mol. The smallest absolute Gasteiger partial charge is 0.183 e. The molecule has 0 spiro atoms. The second kappa shape index (κ2) is 5.22. The molecule has 0 radical (unpaired) electrons. The summed E-state index contributed by atoms with van der Waals surface area (Å²) in [4.78, 5) is 4.50.